The quantitative estimate of drug-likeness (QED) is 0.651. The lowest BCUT2D eigenvalue weighted by molar-refractivity contribution is 1.35. The van der Waals surface area contributed by atoms with Crippen molar-refractivity contribution < 1.29 is 0 Å². The van der Waals surface area contributed by atoms with Crippen LogP contribution in [0.2, 0.25) is 0 Å². The van der Waals surface area contributed by atoms with E-state index in [0.29, 0.717) is 10.6 Å². The molecule has 0 aliphatic carbocycles. The van der Waals surface area contributed by atoms with Crippen LogP contribution in [-0.4, -0.2) is 4.98 Å². The first-order valence-electron chi connectivity index (χ1n) is 7.62. The number of aryl methyl sites for hydroxylation is 2. The van der Waals surface area contributed by atoms with Gasteiger partial charge in [0.15, 0.2) is 0 Å². The number of allylic oxidation sites excluding steroid dienone is 1. The highest BCUT2D eigenvalue weighted by atomic mass is 32.1. The first-order valence-corrected chi connectivity index (χ1v) is 8.50. The van der Waals surface area contributed by atoms with Gasteiger partial charge in [0.2, 0.25) is 0 Å². The van der Waals surface area contributed by atoms with Crippen LogP contribution in [0.1, 0.15) is 16.1 Å². The Bertz CT molecular complexity index is 915. The Morgan fingerprint density at radius 2 is 1.92 bits per heavy atom. The zero-order chi connectivity index (χ0) is 16.9. The number of rotatable bonds is 4. The number of aromatic nitrogens is 1. The molecule has 0 saturated carbocycles. The zero-order valence-corrected chi connectivity index (χ0v) is 14.4. The summed E-state index contributed by atoms with van der Waals surface area (Å²) in [6, 6.07) is 18.5. The van der Waals surface area contributed by atoms with Crippen molar-refractivity contribution in [3.8, 4) is 17.3 Å². The highest BCUT2D eigenvalue weighted by Crippen LogP contribution is 2.26. The Kier molecular flexibility index (Phi) is 4.74. The number of hydrogen-bond acceptors (Lipinski definition) is 4. The average molecular weight is 331 g/mol. The largest absolute Gasteiger partial charge is 0.360 e. The molecule has 24 heavy (non-hydrogen) atoms. The van der Waals surface area contributed by atoms with Crippen molar-refractivity contribution in [2.75, 3.05) is 5.32 Å². The fourth-order valence-electron chi connectivity index (χ4n) is 2.29. The molecule has 0 amide bonds. The van der Waals surface area contributed by atoms with Gasteiger partial charge in [-0.25, -0.2) is 4.98 Å². The first kappa shape index (κ1) is 16.0. The summed E-state index contributed by atoms with van der Waals surface area (Å²) in [5.41, 5.74) is 5.83. The first-order chi connectivity index (χ1) is 11.7. The number of hydrogen-bond donors (Lipinski definition) is 1. The molecule has 3 aromatic rings. The summed E-state index contributed by atoms with van der Waals surface area (Å²) in [6.45, 7) is 4.10. The van der Waals surface area contributed by atoms with Crippen LogP contribution in [0.15, 0.2) is 60.1 Å². The van der Waals surface area contributed by atoms with E-state index < -0.39 is 0 Å². The van der Waals surface area contributed by atoms with Crippen molar-refractivity contribution in [1.29, 1.82) is 5.26 Å². The van der Waals surface area contributed by atoms with Crippen molar-refractivity contribution in [2.24, 2.45) is 0 Å². The Labute approximate surface area is 145 Å². The lowest BCUT2D eigenvalue weighted by atomic mass is 10.1. The molecular weight excluding hydrogens is 314 g/mol. The number of nitrogens with one attached hydrogen (secondary N) is 1. The molecule has 0 spiro atoms. The predicted octanol–water partition coefficient (Wildman–Crippen LogP) is 5.40. The molecule has 4 heteroatoms. The van der Waals surface area contributed by atoms with Gasteiger partial charge in [-0.1, -0.05) is 42.0 Å². The number of thiazole rings is 1. The Morgan fingerprint density at radius 3 is 2.62 bits per heavy atom. The Hall–Kier alpha value is -2.90. The minimum atomic E-state index is 0.528. The minimum absolute atomic E-state index is 0.528. The van der Waals surface area contributed by atoms with Crippen molar-refractivity contribution >= 4 is 22.6 Å². The summed E-state index contributed by atoms with van der Waals surface area (Å²) in [5, 5.41) is 15.3. The van der Waals surface area contributed by atoms with Crippen LogP contribution in [0.4, 0.5) is 5.69 Å². The van der Waals surface area contributed by atoms with E-state index in [9.17, 15) is 5.26 Å². The SMILES string of the molecule is Cc1ccc(-c2csc(C(C#N)=CNc3cccc(C)c3)n2)cc1. The molecule has 3 rings (SSSR count). The van der Waals surface area contributed by atoms with Crippen molar-refractivity contribution in [3.63, 3.8) is 0 Å². The van der Waals surface area contributed by atoms with Crippen LogP contribution < -0.4 is 5.32 Å². The van der Waals surface area contributed by atoms with Gasteiger partial charge in [0.05, 0.1) is 5.69 Å². The van der Waals surface area contributed by atoms with Crippen LogP contribution in [0.3, 0.4) is 0 Å². The van der Waals surface area contributed by atoms with Crippen LogP contribution in [0.5, 0.6) is 0 Å². The molecule has 0 aliphatic rings. The zero-order valence-electron chi connectivity index (χ0n) is 13.6. The van der Waals surface area contributed by atoms with Gasteiger partial charge in [-0.2, -0.15) is 5.26 Å². The van der Waals surface area contributed by atoms with Gasteiger partial charge in [0.1, 0.15) is 16.6 Å². The third-order valence-corrected chi connectivity index (χ3v) is 4.48. The molecular formula is C20H17N3S. The van der Waals surface area contributed by atoms with Gasteiger partial charge in [-0.05, 0) is 31.5 Å². The van der Waals surface area contributed by atoms with Crippen molar-refractivity contribution in [2.45, 2.75) is 13.8 Å². The molecule has 1 N–H and O–H groups in total. The summed E-state index contributed by atoms with van der Waals surface area (Å²) in [6.07, 6.45) is 1.71. The molecule has 0 unspecified atom stereocenters. The molecule has 0 aliphatic heterocycles. The molecule has 0 atom stereocenters. The van der Waals surface area contributed by atoms with Gasteiger partial charge in [-0.15, -0.1) is 11.3 Å². The Morgan fingerprint density at radius 1 is 1.12 bits per heavy atom. The maximum Gasteiger partial charge on any atom is 0.136 e. The van der Waals surface area contributed by atoms with E-state index in [-0.39, 0.29) is 0 Å². The molecule has 0 bridgehead atoms. The highest BCUT2D eigenvalue weighted by molar-refractivity contribution is 7.11. The smallest absolute Gasteiger partial charge is 0.136 e. The Balaban J connectivity index is 1.82. The van der Waals surface area contributed by atoms with Crippen molar-refractivity contribution in [1.82, 2.24) is 4.98 Å². The lowest BCUT2D eigenvalue weighted by Crippen LogP contribution is -1.91. The molecule has 118 valence electrons. The molecule has 2 aromatic carbocycles. The number of anilines is 1. The molecule has 3 nitrogen and oxygen atoms in total. The van der Waals surface area contributed by atoms with Gasteiger partial charge >= 0.3 is 0 Å². The fourth-order valence-corrected chi connectivity index (χ4v) is 3.08. The van der Waals surface area contributed by atoms with E-state index >= 15 is 0 Å². The number of nitriles is 1. The van der Waals surface area contributed by atoms with E-state index in [1.807, 2.05) is 36.6 Å². The average Bonchev–Trinajstić information content (AvgIpc) is 3.06. The van der Waals surface area contributed by atoms with E-state index in [2.05, 4.69) is 47.6 Å². The third-order valence-electron chi connectivity index (χ3n) is 3.60. The summed E-state index contributed by atoms with van der Waals surface area (Å²) >= 11 is 1.48. The summed E-state index contributed by atoms with van der Waals surface area (Å²) in [4.78, 5) is 4.60. The van der Waals surface area contributed by atoms with E-state index in [1.165, 1.54) is 22.5 Å². The second-order valence-electron chi connectivity index (χ2n) is 5.59. The van der Waals surface area contributed by atoms with E-state index in [0.717, 1.165) is 16.9 Å². The van der Waals surface area contributed by atoms with Gasteiger partial charge in [-0.3, -0.25) is 0 Å². The third kappa shape index (κ3) is 3.70. The summed E-state index contributed by atoms with van der Waals surface area (Å²) < 4.78 is 0. The summed E-state index contributed by atoms with van der Waals surface area (Å²) in [5.74, 6) is 0. The van der Waals surface area contributed by atoms with Crippen molar-refractivity contribution in [3.05, 3.63) is 76.2 Å². The standard InChI is InChI=1S/C20H17N3S/c1-14-6-8-16(9-7-14)19-13-24-20(23-19)17(11-21)12-22-18-5-3-4-15(2)10-18/h3-10,12-13,22H,1-2H3. The second-order valence-corrected chi connectivity index (χ2v) is 6.45. The maximum atomic E-state index is 9.44. The molecule has 0 saturated heterocycles. The summed E-state index contributed by atoms with van der Waals surface area (Å²) in [7, 11) is 0. The van der Waals surface area contributed by atoms with Crippen LogP contribution in [0.25, 0.3) is 16.8 Å². The number of benzene rings is 2. The topological polar surface area (TPSA) is 48.7 Å². The predicted molar refractivity (Wildman–Crippen MR) is 101 cm³/mol. The van der Waals surface area contributed by atoms with E-state index in [1.54, 1.807) is 6.20 Å². The lowest BCUT2D eigenvalue weighted by Gasteiger charge is -2.02. The molecule has 0 fully saturated rings. The molecule has 1 aromatic heterocycles. The minimum Gasteiger partial charge on any atom is -0.360 e. The maximum absolute atomic E-state index is 9.44. The second kappa shape index (κ2) is 7.12. The highest BCUT2D eigenvalue weighted by Gasteiger charge is 2.08. The number of nitrogens with zero attached hydrogens (tertiary/aromatic N) is 2. The van der Waals surface area contributed by atoms with Gasteiger partial charge in [0.25, 0.3) is 0 Å². The monoisotopic (exact) mass is 331 g/mol. The molecule has 0 radical (unpaired) electrons. The van der Waals surface area contributed by atoms with Gasteiger partial charge in [0, 0.05) is 22.8 Å². The fraction of sp³-hybridized carbons (Fsp3) is 0.100. The van der Waals surface area contributed by atoms with E-state index in [4.69, 9.17) is 0 Å². The normalized spacial score (nSPS) is 11.1. The van der Waals surface area contributed by atoms with Crippen LogP contribution >= 0.6 is 11.3 Å². The molecule has 1 heterocycles. The van der Waals surface area contributed by atoms with Gasteiger partial charge < -0.3 is 5.32 Å². The van der Waals surface area contributed by atoms with Crippen LogP contribution in [0, 0.1) is 25.2 Å². The van der Waals surface area contributed by atoms with Crippen LogP contribution in [-0.2, 0) is 0 Å².